The summed E-state index contributed by atoms with van der Waals surface area (Å²) in [5.41, 5.74) is 2.23. The highest BCUT2D eigenvalue weighted by molar-refractivity contribution is 6.02. The standard InChI is InChI=1S/C15H14FNO2/c1-2-19-15(18)14(9-17)12-5-3-4-10-6-7-11(16)8-13(10)12/h6-8H,2-5H2,1H3. The predicted octanol–water partition coefficient (Wildman–Crippen LogP) is 3.00. The van der Waals surface area contributed by atoms with Gasteiger partial charge in [-0.15, -0.1) is 0 Å². The van der Waals surface area contributed by atoms with E-state index in [0.717, 1.165) is 18.4 Å². The molecule has 3 nitrogen and oxygen atoms in total. The molecule has 98 valence electrons. The van der Waals surface area contributed by atoms with Crippen LogP contribution in [0.5, 0.6) is 0 Å². The highest BCUT2D eigenvalue weighted by Gasteiger charge is 2.23. The Bertz CT molecular complexity index is 584. The summed E-state index contributed by atoms with van der Waals surface area (Å²) < 4.78 is 18.2. The van der Waals surface area contributed by atoms with Crippen LogP contribution in [0, 0.1) is 17.1 Å². The van der Waals surface area contributed by atoms with Gasteiger partial charge in [-0.25, -0.2) is 9.18 Å². The van der Waals surface area contributed by atoms with Gasteiger partial charge in [0, 0.05) is 0 Å². The van der Waals surface area contributed by atoms with E-state index >= 15 is 0 Å². The van der Waals surface area contributed by atoms with Crippen LogP contribution >= 0.6 is 0 Å². The Morgan fingerprint density at radius 1 is 1.47 bits per heavy atom. The van der Waals surface area contributed by atoms with Gasteiger partial charge in [0.2, 0.25) is 0 Å². The van der Waals surface area contributed by atoms with Crippen LogP contribution in [-0.4, -0.2) is 12.6 Å². The molecule has 19 heavy (non-hydrogen) atoms. The minimum atomic E-state index is -0.628. The molecule has 0 unspecified atom stereocenters. The molecule has 0 amide bonds. The molecular weight excluding hydrogens is 245 g/mol. The number of aryl methyl sites for hydroxylation is 1. The molecule has 4 heteroatoms. The van der Waals surface area contributed by atoms with Crippen molar-refractivity contribution in [2.24, 2.45) is 0 Å². The summed E-state index contributed by atoms with van der Waals surface area (Å²) in [7, 11) is 0. The fourth-order valence-corrected chi connectivity index (χ4v) is 2.34. The van der Waals surface area contributed by atoms with Crippen molar-refractivity contribution in [1.82, 2.24) is 0 Å². The molecule has 0 saturated heterocycles. The number of carbonyl (C=O) groups is 1. The summed E-state index contributed by atoms with van der Waals surface area (Å²) in [4.78, 5) is 11.8. The molecule has 0 atom stereocenters. The Hall–Kier alpha value is -2.15. The number of hydrogen-bond acceptors (Lipinski definition) is 3. The molecule has 0 aromatic heterocycles. The fraction of sp³-hybridized carbons (Fsp3) is 0.333. The zero-order valence-corrected chi connectivity index (χ0v) is 10.7. The van der Waals surface area contributed by atoms with Crippen molar-refractivity contribution in [2.45, 2.75) is 26.2 Å². The summed E-state index contributed by atoms with van der Waals surface area (Å²) in [6.45, 7) is 1.90. The van der Waals surface area contributed by atoms with E-state index in [-0.39, 0.29) is 18.0 Å². The molecule has 1 aliphatic carbocycles. The lowest BCUT2D eigenvalue weighted by Crippen LogP contribution is -2.12. The zero-order valence-electron chi connectivity index (χ0n) is 10.7. The first kappa shape index (κ1) is 13.3. The highest BCUT2D eigenvalue weighted by atomic mass is 19.1. The van der Waals surface area contributed by atoms with E-state index in [1.807, 2.05) is 6.07 Å². The molecule has 0 N–H and O–H groups in total. The van der Waals surface area contributed by atoms with Crippen LogP contribution in [0.2, 0.25) is 0 Å². The van der Waals surface area contributed by atoms with E-state index in [1.165, 1.54) is 12.1 Å². The molecule has 0 spiro atoms. The fourth-order valence-electron chi connectivity index (χ4n) is 2.34. The number of esters is 1. The van der Waals surface area contributed by atoms with Crippen molar-refractivity contribution < 1.29 is 13.9 Å². The van der Waals surface area contributed by atoms with Gasteiger partial charge in [0.25, 0.3) is 0 Å². The van der Waals surface area contributed by atoms with Crippen molar-refractivity contribution >= 4 is 11.5 Å². The van der Waals surface area contributed by atoms with Crippen LogP contribution in [0.15, 0.2) is 23.8 Å². The molecule has 2 rings (SSSR count). The molecule has 0 heterocycles. The third-order valence-electron chi connectivity index (χ3n) is 3.16. The van der Waals surface area contributed by atoms with E-state index in [4.69, 9.17) is 10.00 Å². The molecule has 1 aliphatic rings. The zero-order chi connectivity index (χ0) is 13.8. The summed E-state index contributed by atoms with van der Waals surface area (Å²) in [6.07, 6.45) is 2.28. The van der Waals surface area contributed by atoms with Crippen molar-refractivity contribution in [1.29, 1.82) is 5.26 Å². The second-order valence-electron chi connectivity index (χ2n) is 4.34. The SMILES string of the molecule is CCOC(=O)C(C#N)=C1CCCc2ccc(F)cc21. The third-order valence-corrected chi connectivity index (χ3v) is 3.16. The number of allylic oxidation sites excluding steroid dienone is 1. The second-order valence-corrected chi connectivity index (χ2v) is 4.34. The number of hydrogen-bond donors (Lipinski definition) is 0. The quantitative estimate of drug-likeness (QED) is 0.466. The van der Waals surface area contributed by atoms with Crippen LogP contribution < -0.4 is 0 Å². The van der Waals surface area contributed by atoms with E-state index in [0.29, 0.717) is 17.6 Å². The number of nitrogens with zero attached hydrogens (tertiary/aromatic N) is 1. The van der Waals surface area contributed by atoms with Gasteiger partial charge in [-0.3, -0.25) is 0 Å². The van der Waals surface area contributed by atoms with Gasteiger partial charge in [-0.05, 0) is 55.0 Å². The minimum absolute atomic E-state index is 0.00611. The van der Waals surface area contributed by atoms with Crippen molar-refractivity contribution in [2.75, 3.05) is 6.61 Å². The molecule has 0 fully saturated rings. The van der Waals surface area contributed by atoms with Crippen molar-refractivity contribution in [3.8, 4) is 6.07 Å². The first-order chi connectivity index (χ1) is 9.17. The van der Waals surface area contributed by atoms with E-state index in [2.05, 4.69) is 0 Å². The summed E-state index contributed by atoms with van der Waals surface area (Å²) in [5.74, 6) is -0.989. The number of ether oxygens (including phenoxy) is 1. The Morgan fingerprint density at radius 2 is 2.26 bits per heavy atom. The van der Waals surface area contributed by atoms with Gasteiger partial charge >= 0.3 is 5.97 Å². The van der Waals surface area contributed by atoms with Crippen LogP contribution in [0.3, 0.4) is 0 Å². The number of carbonyl (C=O) groups excluding carboxylic acids is 1. The highest BCUT2D eigenvalue weighted by Crippen LogP contribution is 2.33. The minimum Gasteiger partial charge on any atom is -0.462 e. The number of fused-ring (bicyclic) bond motifs is 1. The lowest BCUT2D eigenvalue weighted by Gasteiger charge is -2.20. The summed E-state index contributed by atoms with van der Waals surface area (Å²) in [5, 5.41) is 9.17. The number of benzene rings is 1. The molecule has 0 radical (unpaired) electrons. The normalized spacial score (nSPS) is 16.3. The van der Waals surface area contributed by atoms with Gasteiger partial charge < -0.3 is 4.74 Å². The Kier molecular flexibility index (Phi) is 3.96. The molecule has 0 saturated carbocycles. The lowest BCUT2D eigenvalue weighted by molar-refractivity contribution is -0.137. The lowest BCUT2D eigenvalue weighted by atomic mass is 9.85. The van der Waals surface area contributed by atoms with Crippen LogP contribution in [0.1, 0.15) is 30.9 Å². The molecule has 0 aliphatic heterocycles. The first-order valence-electron chi connectivity index (χ1n) is 6.26. The Labute approximate surface area is 111 Å². The first-order valence-corrected chi connectivity index (χ1v) is 6.26. The van der Waals surface area contributed by atoms with Gasteiger partial charge in [0.05, 0.1) is 6.61 Å². The average Bonchev–Trinajstić information content (AvgIpc) is 2.40. The summed E-state index contributed by atoms with van der Waals surface area (Å²) in [6, 6.07) is 6.40. The largest absolute Gasteiger partial charge is 0.462 e. The maximum atomic E-state index is 13.4. The molecule has 1 aromatic rings. The van der Waals surface area contributed by atoms with E-state index < -0.39 is 5.97 Å². The van der Waals surface area contributed by atoms with Gasteiger partial charge in [0.15, 0.2) is 0 Å². The maximum Gasteiger partial charge on any atom is 0.349 e. The van der Waals surface area contributed by atoms with Gasteiger partial charge in [0.1, 0.15) is 17.5 Å². The molecule has 1 aromatic carbocycles. The maximum absolute atomic E-state index is 13.4. The molecular formula is C15H14FNO2. The van der Waals surface area contributed by atoms with Gasteiger partial charge in [-0.1, -0.05) is 6.07 Å². The Morgan fingerprint density at radius 3 is 2.95 bits per heavy atom. The average molecular weight is 259 g/mol. The van der Waals surface area contributed by atoms with E-state index in [1.54, 1.807) is 13.0 Å². The summed E-state index contributed by atoms with van der Waals surface area (Å²) >= 11 is 0. The van der Waals surface area contributed by atoms with Gasteiger partial charge in [-0.2, -0.15) is 5.26 Å². The monoisotopic (exact) mass is 259 g/mol. The number of rotatable bonds is 2. The smallest absolute Gasteiger partial charge is 0.349 e. The third kappa shape index (κ3) is 2.65. The number of nitriles is 1. The van der Waals surface area contributed by atoms with Crippen molar-refractivity contribution in [3.63, 3.8) is 0 Å². The van der Waals surface area contributed by atoms with Crippen molar-refractivity contribution in [3.05, 3.63) is 40.7 Å². The van der Waals surface area contributed by atoms with E-state index in [9.17, 15) is 9.18 Å². The topological polar surface area (TPSA) is 50.1 Å². The van der Waals surface area contributed by atoms with Crippen LogP contribution in [0.25, 0.3) is 5.57 Å². The Balaban J connectivity index is 2.55. The predicted molar refractivity (Wildman–Crippen MR) is 68.5 cm³/mol. The second kappa shape index (κ2) is 5.66. The number of halogens is 1. The molecule has 0 bridgehead atoms. The van der Waals surface area contributed by atoms with Crippen LogP contribution in [-0.2, 0) is 16.0 Å². The van der Waals surface area contributed by atoms with Crippen LogP contribution in [0.4, 0.5) is 4.39 Å².